The molecule has 3 nitrogen and oxygen atoms in total. The van der Waals surface area contributed by atoms with Crippen molar-refractivity contribution in [2.24, 2.45) is 5.73 Å². The van der Waals surface area contributed by atoms with Crippen molar-refractivity contribution in [3.8, 4) is 0 Å². The van der Waals surface area contributed by atoms with Crippen LogP contribution in [0.15, 0.2) is 30.3 Å². The lowest BCUT2D eigenvalue weighted by molar-refractivity contribution is -0.131. The minimum atomic E-state index is 0. The topological polar surface area (TPSA) is 46.3 Å². The number of nitrogens with two attached hydrogens (primary N) is 1. The summed E-state index contributed by atoms with van der Waals surface area (Å²) in [5, 5.41) is 0.153. The van der Waals surface area contributed by atoms with E-state index >= 15 is 0 Å². The van der Waals surface area contributed by atoms with Gasteiger partial charge in [-0.3, -0.25) is 4.79 Å². The lowest BCUT2D eigenvalue weighted by Gasteiger charge is -2.25. The SMILES string of the molecule is Cl.NCCN(Cc1ccccc1)C(=O)C1CCCS1. The Hall–Kier alpha value is -0.710. The summed E-state index contributed by atoms with van der Waals surface area (Å²) in [4.78, 5) is 14.3. The third-order valence-electron chi connectivity index (χ3n) is 3.13. The average Bonchev–Trinajstić information content (AvgIpc) is 2.92. The first-order chi connectivity index (χ1) is 8.81. The summed E-state index contributed by atoms with van der Waals surface area (Å²) in [7, 11) is 0. The van der Waals surface area contributed by atoms with Gasteiger partial charge in [0.05, 0.1) is 5.25 Å². The molecule has 1 aromatic carbocycles. The highest BCUT2D eigenvalue weighted by molar-refractivity contribution is 8.00. The highest BCUT2D eigenvalue weighted by atomic mass is 35.5. The highest BCUT2D eigenvalue weighted by Gasteiger charge is 2.27. The number of carbonyl (C=O) groups excluding carboxylic acids is 1. The molecule has 0 aromatic heterocycles. The van der Waals surface area contributed by atoms with Crippen LogP contribution in [0, 0.1) is 0 Å². The Morgan fingerprint density at radius 3 is 2.68 bits per heavy atom. The van der Waals surface area contributed by atoms with Crippen molar-refractivity contribution in [3.05, 3.63) is 35.9 Å². The molecule has 1 aromatic rings. The molecule has 1 amide bonds. The fourth-order valence-corrected chi connectivity index (χ4v) is 3.45. The van der Waals surface area contributed by atoms with Gasteiger partial charge in [-0.25, -0.2) is 0 Å². The molecule has 1 saturated heterocycles. The van der Waals surface area contributed by atoms with Gasteiger partial charge in [-0.2, -0.15) is 0 Å². The molecule has 2 rings (SSSR count). The third-order valence-corrected chi connectivity index (χ3v) is 4.50. The predicted molar refractivity (Wildman–Crippen MR) is 83.6 cm³/mol. The van der Waals surface area contributed by atoms with Crippen LogP contribution in [0.25, 0.3) is 0 Å². The van der Waals surface area contributed by atoms with Gasteiger partial charge in [-0.1, -0.05) is 30.3 Å². The van der Waals surface area contributed by atoms with Crippen molar-refractivity contribution in [1.82, 2.24) is 4.90 Å². The molecule has 1 unspecified atom stereocenters. The zero-order valence-electron chi connectivity index (χ0n) is 11.0. The number of amides is 1. The standard InChI is InChI=1S/C14H20N2OS.ClH/c15-8-9-16(11-12-5-2-1-3-6-12)14(17)13-7-4-10-18-13;/h1-3,5-6,13H,4,7-11,15H2;1H. The summed E-state index contributed by atoms with van der Waals surface area (Å²) in [6.45, 7) is 1.84. The van der Waals surface area contributed by atoms with Crippen molar-refractivity contribution in [3.63, 3.8) is 0 Å². The second-order valence-electron chi connectivity index (χ2n) is 4.54. The van der Waals surface area contributed by atoms with Gasteiger partial charge >= 0.3 is 0 Å². The van der Waals surface area contributed by atoms with Crippen LogP contribution in [-0.4, -0.2) is 34.9 Å². The summed E-state index contributed by atoms with van der Waals surface area (Å²) in [6, 6.07) is 10.1. The second-order valence-corrected chi connectivity index (χ2v) is 5.85. The maximum Gasteiger partial charge on any atom is 0.236 e. The van der Waals surface area contributed by atoms with Gasteiger partial charge in [0.1, 0.15) is 0 Å². The average molecular weight is 301 g/mol. The largest absolute Gasteiger partial charge is 0.336 e. The Bertz CT molecular complexity index is 382. The lowest BCUT2D eigenvalue weighted by Crippen LogP contribution is -2.39. The van der Waals surface area contributed by atoms with Crippen molar-refractivity contribution in [1.29, 1.82) is 0 Å². The minimum Gasteiger partial charge on any atom is -0.336 e. The highest BCUT2D eigenvalue weighted by Crippen LogP contribution is 2.28. The number of hydrogen-bond acceptors (Lipinski definition) is 3. The summed E-state index contributed by atoms with van der Waals surface area (Å²) < 4.78 is 0. The van der Waals surface area contributed by atoms with Gasteiger partial charge < -0.3 is 10.6 Å². The Kier molecular flexibility index (Phi) is 7.28. The molecule has 1 heterocycles. The van der Waals surface area contributed by atoms with E-state index in [0.717, 1.165) is 18.6 Å². The van der Waals surface area contributed by atoms with E-state index in [1.54, 1.807) is 11.8 Å². The summed E-state index contributed by atoms with van der Waals surface area (Å²) in [5.74, 6) is 1.37. The first-order valence-electron chi connectivity index (χ1n) is 6.45. The van der Waals surface area contributed by atoms with Gasteiger partial charge in [0.15, 0.2) is 0 Å². The molecule has 1 aliphatic rings. The maximum absolute atomic E-state index is 12.4. The molecule has 0 radical (unpaired) electrons. The Labute approximate surface area is 125 Å². The molecule has 0 aliphatic carbocycles. The Balaban J connectivity index is 0.00000180. The number of rotatable bonds is 5. The Morgan fingerprint density at radius 2 is 2.11 bits per heavy atom. The number of nitrogens with zero attached hydrogens (tertiary/aromatic N) is 1. The van der Waals surface area contributed by atoms with Crippen molar-refractivity contribution in [2.75, 3.05) is 18.8 Å². The van der Waals surface area contributed by atoms with Gasteiger partial charge in [-0.05, 0) is 24.2 Å². The molecular weight excluding hydrogens is 280 g/mol. The summed E-state index contributed by atoms with van der Waals surface area (Å²) >= 11 is 1.78. The second kappa shape index (κ2) is 8.46. The first-order valence-corrected chi connectivity index (χ1v) is 7.50. The van der Waals surface area contributed by atoms with E-state index in [9.17, 15) is 4.79 Å². The summed E-state index contributed by atoms with van der Waals surface area (Å²) in [6.07, 6.45) is 2.17. The number of thioether (sulfide) groups is 1. The van der Waals surface area contributed by atoms with E-state index in [0.29, 0.717) is 19.6 Å². The molecule has 0 saturated carbocycles. The normalized spacial score (nSPS) is 17.8. The van der Waals surface area contributed by atoms with E-state index < -0.39 is 0 Å². The number of hydrogen-bond donors (Lipinski definition) is 1. The van der Waals surface area contributed by atoms with Crippen molar-refractivity contribution in [2.45, 2.75) is 24.6 Å². The molecule has 0 bridgehead atoms. The fourth-order valence-electron chi connectivity index (χ4n) is 2.20. The maximum atomic E-state index is 12.4. The lowest BCUT2D eigenvalue weighted by atomic mass is 10.2. The molecule has 19 heavy (non-hydrogen) atoms. The number of benzene rings is 1. The van der Waals surface area contributed by atoms with Gasteiger partial charge in [0.25, 0.3) is 0 Å². The smallest absolute Gasteiger partial charge is 0.236 e. The monoisotopic (exact) mass is 300 g/mol. The molecular formula is C14H21ClN2OS. The molecule has 0 spiro atoms. The first kappa shape index (κ1) is 16.3. The number of halogens is 1. The molecule has 1 atom stereocenters. The van der Waals surface area contributed by atoms with Crippen LogP contribution < -0.4 is 5.73 Å². The van der Waals surface area contributed by atoms with Gasteiger partial charge in [0, 0.05) is 19.6 Å². The predicted octanol–water partition coefficient (Wildman–Crippen LogP) is 2.29. The zero-order valence-corrected chi connectivity index (χ0v) is 12.6. The van der Waals surface area contributed by atoms with Crippen LogP contribution in [-0.2, 0) is 11.3 Å². The zero-order chi connectivity index (χ0) is 12.8. The van der Waals surface area contributed by atoms with Crippen LogP contribution in [0.1, 0.15) is 18.4 Å². The van der Waals surface area contributed by atoms with Crippen LogP contribution in [0.3, 0.4) is 0 Å². The molecule has 1 fully saturated rings. The quantitative estimate of drug-likeness (QED) is 0.907. The molecule has 1 aliphatic heterocycles. The minimum absolute atomic E-state index is 0. The summed E-state index contributed by atoms with van der Waals surface area (Å²) in [5.41, 5.74) is 6.79. The molecule has 106 valence electrons. The van der Waals surface area contributed by atoms with Crippen molar-refractivity contribution >= 4 is 30.1 Å². The van der Waals surface area contributed by atoms with Crippen LogP contribution in [0.5, 0.6) is 0 Å². The molecule has 5 heteroatoms. The van der Waals surface area contributed by atoms with Crippen LogP contribution in [0.4, 0.5) is 0 Å². The number of carbonyl (C=O) groups is 1. The van der Waals surface area contributed by atoms with E-state index in [1.807, 2.05) is 23.1 Å². The Morgan fingerprint density at radius 1 is 1.37 bits per heavy atom. The van der Waals surface area contributed by atoms with E-state index in [1.165, 1.54) is 5.56 Å². The molecule has 2 N–H and O–H groups in total. The van der Waals surface area contributed by atoms with Gasteiger partial charge in [0.2, 0.25) is 5.91 Å². The van der Waals surface area contributed by atoms with Crippen LogP contribution in [0.2, 0.25) is 0 Å². The third kappa shape index (κ3) is 4.71. The van der Waals surface area contributed by atoms with E-state index in [4.69, 9.17) is 5.73 Å². The van der Waals surface area contributed by atoms with E-state index in [2.05, 4.69) is 12.1 Å². The van der Waals surface area contributed by atoms with Gasteiger partial charge in [-0.15, -0.1) is 24.2 Å². The van der Waals surface area contributed by atoms with Crippen molar-refractivity contribution < 1.29 is 4.79 Å². The van der Waals surface area contributed by atoms with E-state index in [-0.39, 0.29) is 23.6 Å². The van der Waals surface area contributed by atoms with Crippen LogP contribution >= 0.6 is 24.2 Å². The fraction of sp³-hybridized carbons (Fsp3) is 0.500.